The van der Waals surface area contributed by atoms with E-state index in [9.17, 15) is 5.11 Å². The molecule has 0 amide bonds. The third-order valence-corrected chi connectivity index (χ3v) is 4.69. The lowest BCUT2D eigenvalue weighted by molar-refractivity contribution is -0.155. The molecule has 14 heavy (non-hydrogen) atoms. The van der Waals surface area contributed by atoms with Gasteiger partial charge >= 0.3 is 0 Å². The minimum absolute atomic E-state index is 0.292. The van der Waals surface area contributed by atoms with Crippen molar-refractivity contribution in [3.8, 4) is 0 Å². The molecule has 0 radical (unpaired) electrons. The molecule has 2 rings (SSSR count). The zero-order valence-corrected chi connectivity index (χ0v) is 9.49. The Morgan fingerprint density at radius 2 is 2.14 bits per heavy atom. The lowest BCUT2D eigenvalue weighted by Crippen LogP contribution is -2.33. The molecule has 0 aromatic carbocycles. The van der Waals surface area contributed by atoms with E-state index >= 15 is 0 Å². The van der Waals surface area contributed by atoms with Crippen molar-refractivity contribution >= 4 is 0 Å². The van der Waals surface area contributed by atoms with E-state index in [4.69, 9.17) is 4.74 Å². The van der Waals surface area contributed by atoms with E-state index in [0.29, 0.717) is 17.3 Å². The van der Waals surface area contributed by atoms with Crippen LogP contribution in [0.4, 0.5) is 0 Å². The summed E-state index contributed by atoms with van der Waals surface area (Å²) in [6, 6.07) is 0. The molecule has 2 bridgehead atoms. The van der Waals surface area contributed by atoms with Gasteiger partial charge in [0.05, 0.1) is 6.61 Å². The van der Waals surface area contributed by atoms with E-state index in [2.05, 4.69) is 20.8 Å². The van der Waals surface area contributed by atoms with Gasteiger partial charge in [0.1, 0.15) is 0 Å². The molecule has 0 spiro atoms. The summed E-state index contributed by atoms with van der Waals surface area (Å²) in [5.74, 6) is 1.76. The van der Waals surface area contributed by atoms with Gasteiger partial charge in [-0.3, -0.25) is 0 Å². The topological polar surface area (TPSA) is 29.5 Å². The lowest BCUT2D eigenvalue weighted by atomic mass is 9.74. The van der Waals surface area contributed by atoms with Crippen LogP contribution in [0, 0.1) is 23.2 Å². The fourth-order valence-electron chi connectivity index (χ4n) is 3.16. The zero-order chi connectivity index (χ0) is 10.3. The van der Waals surface area contributed by atoms with Gasteiger partial charge in [0.25, 0.3) is 0 Å². The maximum atomic E-state index is 9.85. The molecule has 0 aromatic rings. The second-order valence-corrected chi connectivity index (χ2v) is 5.52. The van der Waals surface area contributed by atoms with Crippen LogP contribution in [-0.2, 0) is 4.74 Å². The van der Waals surface area contributed by atoms with Crippen molar-refractivity contribution in [2.75, 3.05) is 6.61 Å². The van der Waals surface area contributed by atoms with E-state index in [0.717, 1.165) is 25.4 Å². The Labute approximate surface area is 86.6 Å². The predicted molar refractivity (Wildman–Crippen MR) is 55.7 cm³/mol. The predicted octanol–water partition coefficient (Wildman–Crippen LogP) is 2.41. The Kier molecular flexibility index (Phi) is 2.61. The Hall–Kier alpha value is -0.0800. The molecule has 82 valence electrons. The SMILES string of the molecule is CCC1(C)COC(O)C2CC1CC2C. The first kappa shape index (κ1) is 10.4. The maximum absolute atomic E-state index is 9.85. The largest absolute Gasteiger partial charge is 0.368 e. The van der Waals surface area contributed by atoms with Gasteiger partial charge in [0, 0.05) is 5.92 Å². The van der Waals surface area contributed by atoms with Crippen molar-refractivity contribution < 1.29 is 9.84 Å². The first-order valence-electron chi connectivity index (χ1n) is 5.86. The van der Waals surface area contributed by atoms with Crippen LogP contribution in [0.15, 0.2) is 0 Å². The number of hydrogen-bond acceptors (Lipinski definition) is 2. The molecular weight excluding hydrogens is 176 g/mol. The van der Waals surface area contributed by atoms with E-state index in [1.807, 2.05) is 0 Å². The molecule has 1 aliphatic carbocycles. The van der Waals surface area contributed by atoms with Gasteiger partial charge in [-0.15, -0.1) is 0 Å². The van der Waals surface area contributed by atoms with E-state index in [1.54, 1.807) is 0 Å². The minimum atomic E-state index is -0.511. The Bertz CT molecular complexity index is 216. The van der Waals surface area contributed by atoms with Crippen molar-refractivity contribution in [1.82, 2.24) is 0 Å². The molecule has 2 fully saturated rings. The molecular formula is C12H22O2. The summed E-state index contributed by atoms with van der Waals surface area (Å²) in [7, 11) is 0. The molecule has 2 nitrogen and oxygen atoms in total. The number of ether oxygens (including phenoxy) is 1. The van der Waals surface area contributed by atoms with Crippen LogP contribution in [0.1, 0.15) is 40.0 Å². The lowest BCUT2D eigenvalue weighted by Gasteiger charge is -2.34. The highest BCUT2D eigenvalue weighted by atomic mass is 16.6. The van der Waals surface area contributed by atoms with Crippen LogP contribution in [-0.4, -0.2) is 18.0 Å². The fourth-order valence-corrected chi connectivity index (χ4v) is 3.16. The fraction of sp³-hybridized carbons (Fsp3) is 1.00. The smallest absolute Gasteiger partial charge is 0.157 e. The van der Waals surface area contributed by atoms with E-state index in [1.165, 1.54) is 6.42 Å². The summed E-state index contributed by atoms with van der Waals surface area (Å²) in [4.78, 5) is 0. The Morgan fingerprint density at radius 1 is 1.43 bits per heavy atom. The summed E-state index contributed by atoms with van der Waals surface area (Å²) >= 11 is 0. The minimum Gasteiger partial charge on any atom is -0.368 e. The molecule has 1 saturated carbocycles. The van der Waals surface area contributed by atoms with Crippen LogP contribution in [0.3, 0.4) is 0 Å². The third-order valence-electron chi connectivity index (χ3n) is 4.69. The van der Waals surface area contributed by atoms with Gasteiger partial charge in [-0.05, 0) is 36.5 Å². The number of aliphatic hydroxyl groups is 1. The van der Waals surface area contributed by atoms with Gasteiger partial charge in [-0.1, -0.05) is 20.8 Å². The van der Waals surface area contributed by atoms with Gasteiger partial charge < -0.3 is 9.84 Å². The van der Waals surface area contributed by atoms with Gasteiger partial charge in [-0.25, -0.2) is 0 Å². The van der Waals surface area contributed by atoms with E-state index in [-0.39, 0.29) is 0 Å². The third kappa shape index (κ3) is 1.49. The van der Waals surface area contributed by atoms with Crippen molar-refractivity contribution in [2.45, 2.75) is 46.3 Å². The van der Waals surface area contributed by atoms with Gasteiger partial charge in [0.15, 0.2) is 6.29 Å². The van der Waals surface area contributed by atoms with Crippen LogP contribution >= 0.6 is 0 Å². The van der Waals surface area contributed by atoms with E-state index < -0.39 is 6.29 Å². The standard InChI is InChI=1S/C12H22O2/c1-4-12(3)7-14-11(13)10-6-9(12)5-8(10)2/h8-11,13H,4-7H2,1-3H3. The molecule has 5 unspecified atom stereocenters. The molecule has 5 atom stereocenters. The van der Waals surface area contributed by atoms with Gasteiger partial charge in [-0.2, -0.15) is 0 Å². The number of fused-ring (bicyclic) bond motifs is 2. The molecule has 1 N–H and O–H groups in total. The quantitative estimate of drug-likeness (QED) is 0.701. The summed E-state index contributed by atoms with van der Waals surface area (Å²) in [6.07, 6.45) is 3.08. The monoisotopic (exact) mass is 198 g/mol. The van der Waals surface area contributed by atoms with Crippen LogP contribution in [0.2, 0.25) is 0 Å². The highest BCUT2D eigenvalue weighted by Crippen LogP contribution is 2.50. The first-order chi connectivity index (χ1) is 6.57. The summed E-state index contributed by atoms with van der Waals surface area (Å²) in [6.45, 7) is 7.53. The normalized spacial score (nSPS) is 53.1. The zero-order valence-electron chi connectivity index (χ0n) is 9.49. The highest BCUT2D eigenvalue weighted by Gasteiger charge is 2.47. The second-order valence-electron chi connectivity index (χ2n) is 5.52. The second kappa shape index (κ2) is 3.49. The molecule has 1 heterocycles. The number of rotatable bonds is 1. The highest BCUT2D eigenvalue weighted by molar-refractivity contribution is 4.94. The molecule has 1 saturated heterocycles. The van der Waals surface area contributed by atoms with Crippen molar-refractivity contribution in [2.24, 2.45) is 23.2 Å². The first-order valence-corrected chi connectivity index (χ1v) is 5.86. The summed E-state index contributed by atoms with van der Waals surface area (Å²) in [5.41, 5.74) is 0.292. The maximum Gasteiger partial charge on any atom is 0.157 e. The molecule has 1 aliphatic heterocycles. The number of aliphatic hydroxyl groups excluding tert-OH is 1. The van der Waals surface area contributed by atoms with Gasteiger partial charge in [0.2, 0.25) is 0 Å². The Balaban J connectivity index is 2.20. The van der Waals surface area contributed by atoms with Crippen LogP contribution in [0.25, 0.3) is 0 Å². The van der Waals surface area contributed by atoms with Crippen LogP contribution < -0.4 is 0 Å². The summed E-state index contributed by atoms with van der Waals surface area (Å²) in [5, 5.41) is 9.85. The molecule has 0 aromatic heterocycles. The average Bonchev–Trinajstić information content (AvgIpc) is 2.51. The Morgan fingerprint density at radius 3 is 2.79 bits per heavy atom. The average molecular weight is 198 g/mol. The molecule has 2 heteroatoms. The number of hydrogen-bond donors (Lipinski definition) is 1. The summed E-state index contributed by atoms with van der Waals surface area (Å²) < 4.78 is 5.57. The van der Waals surface area contributed by atoms with Crippen molar-refractivity contribution in [1.29, 1.82) is 0 Å². The van der Waals surface area contributed by atoms with Crippen molar-refractivity contribution in [3.05, 3.63) is 0 Å². The van der Waals surface area contributed by atoms with Crippen LogP contribution in [0.5, 0.6) is 0 Å². The molecule has 2 aliphatic rings. The van der Waals surface area contributed by atoms with Crippen molar-refractivity contribution in [3.63, 3.8) is 0 Å².